The van der Waals surface area contributed by atoms with Gasteiger partial charge in [0.1, 0.15) is 0 Å². The lowest BCUT2D eigenvalue weighted by atomic mass is 10.2. The highest BCUT2D eigenvalue weighted by Crippen LogP contribution is 2.20. The first kappa shape index (κ1) is 14.9. The standard InChI is InChI=1S/C12H26N2O2S/c1-5-7-13-11-6-8-14(9-11)10-12(2,3)17(4,15)16/h11,13H,5-10H2,1-4H3. The van der Waals surface area contributed by atoms with Gasteiger partial charge in [0.15, 0.2) is 9.84 Å². The van der Waals surface area contributed by atoms with Gasteiger partial charge in [-0.15, -0.1) is 0 Å². The Bertz CT molecular complexity index is 338. The predicted octanol–water partition coefficient (Wildman–Crippen LogP) is 0.884. The van der Waals surface area contributed by atoms with Gasteiger partial charge >= 0.3 is 0 Å². The van der Waals surface area contributed by atoms with Gasteiger partial charge in [-0.3, -0.25) is 0 Å². The highest BCUT2D eigenvalue weighted by Gasteiger charge is 2.34. The smallest absolute Gasteiger partial charge is 0.153 e. The van der Waals surface area contributed by atoms with E-state index in [0.717, 1.165) is 32.5 Å². The van der Waals surface area contributed by atoms with Gasteiger partial charge in [0.05, 0.1) is 4.75 Å². The van der Waals surface area contributed by atoms with Crippen LogP contribution in [0, 0.1) is 0 Å². The van der Waals surface area contributed by atoms with Crippen molar-refractivity contribution in [1.29, 1.82) is 0 Å². The normalized spacial score (nSPS) is 23.2. The Balaban J connectivity index is 2.45. The number of rotatable bonds is 6. The number of nitrogens with one attached hydrogen (secondary N) is 1. The van der Waals surface area contributed by atoms with Crippen LogP contribution in [0.3, 0.4) is 0 Å². The molecule has 4 nitrogen and oxygen atoms in total. The lowest BCUT2D eigenvalue weighted by Gasteiger charge is -2.28. The van der Waals surface area contributed by atoms with Crippen molar-refractivity contribution in [3.63, 3.8) is 0 Å². The van der Waals surface area contributed by atoms with Crippen LogP contribution >= 0.6 is 0 Å². The average Bonchev–Trinajstić information content (AvgIpc) is 2.60. The summed E-state index contributed by atoms with van der Waals surface area (Å²) in [5, 5.41) is 3.49. The Morgan fingerprint density at radius 2 is 2.06 bits per heavy atom. The molecule has 102 valence electrons. The minimum absolute atomic E-state index is 0.533. The van der Waals surface area contributed by atoms with Crippen LogP contribution in [0.2, 0.25) is 0 Å². The molecule has 17 heavy (non-hydrogen) atoms. The Morgan fingerprint density at radius 3 is 2.59 bits per heavy atom. The van der Waals surface area contributed by atoms with Gasteiger partial charge in [0, 0.05) is 25.4 Å². The average molecular weight is 262 g/mol. The number of nitrogens with zero attached hydrogens (tertiary/aromatic N) is 1. The van der Waals surface area contributed by atoms with E-state index >= 15 is 0 Å². The Morgan fingerprint density at radius 1 is 1.41 bits per heavy atom. The largest absolute Gasteiger partial charge is 0.313 e. The first-order valence-electron chi connectivity index (χ1n) is 6.41. The monoisotopic (exact) mass is 262 g/mol. The lowest BCUT2D eigenvalue weighted by Crippen LogP contribution is -2.44. The van der Waals surface area contributed by atoms with E-state index in [2.05, 4.69) is 17.1 Å². The summed E-state index contributed by atoms with van der Waals surface area (Å²) < 4.78 is 22.7. The van der Waals surface area contributed by atoms with Crippen molar-refractivity contribution in [3.05, 3.63) is 0 Å². The third-order valence-electron chi connectivity index (χ3n) is 3.56. The molecule has 1 aliphatic rings. The van der Waals surface area contributed by atoms with Gasteiger partial charge in [-0.05, 0) is 39.8 Å². The fourth-order valence-electron chi connectivity index (χ4n) is 2.15. The van der Waals surface area contributed by atoms with Gasteiger partial charge in [-0.2, -0.15) is 0 Å². The van der Waals surface area contributed by atoms with E-state index in [9.17, 15) is 8.42 Å². The molecule has 1 unspecified atom stereocenters. The van der Waals surface area contributed by atoms with Crippen LogP contribution in [0.5, 0.6) is 0 Å². The van der Waals surface area contributed by atoms with Crippen molar-refractivity contribution in [1.82, 2.24) is 10.2 Å². The summed E-state index contributed by atoms with van der Waals surface area (Å²) in [6.45, 7) is 9.44. The van der Waals surface area contributed by atoms with Crippen LogP contribution in [0.4, 0.5) is 0 Å². The molecular weight excluding hydrogens is 236 g/mol. The Kier molecular flexibility index (Phi) is 4.98. The summed E-state index contributed by atoms with van der Waals surface area (Å²) >= 11 is 0. The molecule has 1 heterocycles. The molecule has 5 heteroatoms. The zero-order valence-electron chi connectivity index (χ0n) is 11.5. The molecule has 0 radical (unpaired) electrons. The molecule has 1 aliphatic heterocycles. The van der Waals surface area contributed by atoms with Crippen molar-refractivity contribution in [2.45, 2.75) is 44.4 Å². The maximum absolute atomic E-state index is 11.7. The molecule has 1 N–H and O–H groups in total. The topological polar surface area (TPSA) is 49.4 Å². The van der Waals surface area contributed by atoms with Crippen molar-refractivity contribution in [2.24, 2.45) is 0 Å². The molecule has 0 spiro atoms. The fourth-order valence-corrected chi connectivity index (χ4v) is 2.56. The van der Waals surface area contributed by atoms with Crippen molar-refractivity contribution >= 4 is 9.84 Å². The number of sulfone groups is 1. The number of hydrogen-bond acceptors (Lipinski definition) is 4. The molecule has 0 aromatic heterocycles. The fraction of sp³-hybridized carbons (Fsp3) is 1.00. The summed E-state index contributed by atoms with van der Waals surface area (Å²) in [6, 6.07) is 0.533. The maximum atomic E-state index is 11.7. The molecule has 0 saturated carbocycles. The van der Waals surface area contributed by atoms with E-state index in [1.807, 2.05) is 13.8 Å². The molecule has 1 rings (SSSR count). The first-order valence-corrected chi connectivity index (χ1v) is 8.31. The zero-order valence-corrected chi connectivity index (χ0v) is 12.3. The summed E-state index contributed by atoms with van der Waals surface area (Å²) in [5.74, 6) is 0. The van der Waals surface area contributed by atoms with E-state index < -0.39 is 14.6 Å². The van der Waals surface area contributed by atoms with E-state index in [4.69, 9.17) is 0 Å². The summed E-state index contributed by atoms with van der Waals surface area (Å²) in [7, 11) is -2.99. The van der Waals surface area contributed by atoms with Gasteiger partial charge < -0.3 is 10.2 Å². The second kappa shape index (κ2) is 5.67. The van der Waals surface area contributed by atoms with Crippen LogP contribution in [0.15, 0.2) is 0 Å². The van der Waals surface area contributed by atoms with Crippen LogP contribution in [0.1, 0.15) is 33.6 Å². The molecule has 0 aromatic carbocycles. The Hall–Kier alpha value is -0.130. The van der Waals surface area contributed by atoms with Crippen LogP contribution < -0.4 is 5.32 Å². The molecule has 0 aromatic rings. The van der Waals surface area contributed by atoms with Crippen LogP contribution in [-0.2, 0) is 9.84 Å². The minimum atomic E-state index is -2.99. The van der Waals surface area contributed by atoms with E-state index in [1.165, 1.54) is 6.26 Å². The summed E-state index contributed by atoms with van der Waals surface area (Å²) in [5.41, 5.74) is 0. The first-order chi connectivity index (χ1) is 7.76. The second-order valence-corrected chi connectivity index (χ2v) is 8.36. The third-order valence-corrected chi connectivity index (χ3v) is 5.70. The van der Waals surface area contributed by atoms with E-state index in [-0.39, 0.29) is 0 Å². The van der Waals surface area contributed by atoms with Gasteiger partial charge in [-0.1, -0.05) is 6.92 Å². The summed E-state index contributed by atoms with van der Waals surface area (Å²) in [6.07, 6.45) is 3.60. The minimum Gasteiger partial charge on any atom is -0.313 e. The van der Waals surface area contributed by atoms with Crippen molar-refractivity contribution in [3.8, 4) is 0 Å². The molecule has 1 saturated heterocycles. The van der Waals surface area contributed by atoms with Gasteiger partial charge in [0.25, 0.3) is 0 Å². The SMILES string of the molecule is CCCNC1CCN(CC(C)(C)S(C)(=O)=O)C1. The highest BCUT2D eigenvalue weighted by atomic mass is 32.2. The summed E-state index contributed by atoms with van der Waals surface area (Å²) in [4.78, 5) is 2.26. The maximum Gasteiger partial charge on any atom is 0.153 e. The molecule has 0 bridgehead atoms. The predicted molar refractivity (Wildman–Crippen MR) is 72.1 cm³/mol. The number of likely N-dealkylation sites (tertiary alicyclic amines) is 1. The highest BCUT2D eigenvalue weighted by molar-refractivity contribution is 7.92. The molecular formula is C12H26N2O2S. The van der Waals surface area contributed by atoms with E-state index in [0.29, 0.717) is 12.6 Å². The van der Waals surface area contributed by atoms with Crippen LogP contribution in [-0.4, -0.2) is 56.5 Å². The van der Waals surface area contributed by atoms with E-state index in [1.54, 1.807) is 0 Å². The zero-order chi connectivity index (χ0) is 13.1. The lowest BCUT2D eigenvalue weighted by molar-refractivity contribution is 0.298. The Labute approximate surface area is 106 Å². The second-order valence-electron chi connectivity index (χ2n) is 5.71. The van der Waals surface area contributed by atoms with Gasteiger partial charge in [-0.25, -0.2) is 8.42 Å². The van der Waals surface area contributed by atoms with Crippen molar-refractivity contribution < 1.29 is 8.42 Å². The number of hydrogen-bond donors (Lipinski definition) is 1. The third kappa shape index (κ3) is 4.23. The van der Waals surface area contributed by atoms with Gasteiger partial charge in [0.2, 0.25) is 0 Å². The molecule has 1 fully saturated rings. The molecule has 1 atom stereocenters. The van der Waals surface area contributed by atoms with Crippen molar-refractivity contribution in [2.75, 3.05) is 32.4 Å². The molecule has 0 amide bonds. The quantitative estimate of drug-likeness (QED) is 0.772. The van der Waals surface area contributed by atoms with Crippen LogP contribution in [0.25, 0.3) is 0 Å². The molecule has 0 aliphatic carbocycles.